The number of halogens is 2. The van der Waals surface area contributed by atoms with Gasteiger partial charge >= 0.3 is 5.97 Å². The van der Waals surface area contributed by atoms with E-state index in [1.54, 1.807) is 12.1 Å². The number of carboxylic acid groups (broad SMARTS) is 1. The molecule has 0 bridgehead atoms. The van der Waals surface area contributed by atoms with E-state index in [1.165, 1.54) is 6.07 Å². The van der Waals surface area contributed by atoms with Crippen LogP contribution in [0, 0.1) is 5.92 Å². The van der Waals surface area contributed by atoms with Crippen LogP contribution in [0.4, 0.5) is 0 Å². The molecule has 4 nitrogen and oxygen atoms in total. The van der Waals surface area contributed by atoms with Crippen molar-refractivity contribution in [2.45, 2.75) is 25.3 Å². The molecule has 1 aromatic carbocycles. The lowest BCUT2D eigenvalue weighted by Crippen LogP contribution is -2.33. The summed E-state index contributed by atoms with van der Waals surface area (Å²) >= 11 is 11.8. The summed E-state index contributed by atoms with van der Waals surface area (Å²) in [6.07, 6.45) is 1.71. The average Bonchev–Trinajstić information content (AvgIpc) is 2.80. The fourth-order valence-electron chi connectivity index (χ4n) is 2.27. The molecule has 2 atom stereocenters. The molecule has 102 valence electrons. The van der Waals surface area contributed by atoms with Crippen LogP contribution in [-0.4, -0.2) is 23.0 Å². The van der Waals surface area contributed by atoms with Crippen LogP contribution in [0.3, 0.4) is 0 Å². The fraction of sp³-hybridized carbons (Fsp3) is 0.385. The van der Waals surface area contributed by atoms with E-state index in [0.29, 0.717) is 34.9 Å². The first-order valence-corrected chi connectivity index (χ1v) is 6.71. The Bertz CT molecular complexity index is 519. The molecule has 0 aromatic heterocycles. The first-order chi connectivity index (χ1) is 8.97. The maximum absolute atomic E-state index is 12.0. The molecule has 0 radical (unpaired) electrons. The molecule has 1 amide bonds. The highest BCUT2D eigenvalue weighted by atomic mass is 35.5. The summed E-state index contributed by atoms with van der Waals surface area (Å²) in [6.45, 7) is 0. The molecule has 1 fully saturated rings. The summed E-state index contributed by atoms with van der Waals surface area (Å²) < 4.78 is 0. The van der Waals surface area contributed by atoms with Crippen molar-refractivity contribution in [2.75, 3.05) is 0 Å². The number of benzene rings is 1. The SMILES string of the molecule is O=C(N[C@H]1CC[C@@H](C(=O)O)C1)c1cc(Cl)ccc1Cl. The Morgan fingerprint density at radius 2 is 2.00 bits per heavy atom. The van der Waals surface area contributed by atoms with E-state index < -0.39 is 5.97 Å². The lowest BCUT2D eigenvalue weighted by Gasteiger charge is -2.13. The van der Waals surface area contributed by atoms with E-state index in [4.69, 9.17) is 28.3 Å². The molecule has 6 heteroatoms. The molecule has 0 unspecified atom stereocenters. The van der Waals surface area contributed by atoms with Crippen molar-refractivity contribution in [3.8, 4) is 0 Å². The van der Waals surface area contributed by atoms with Gasteiger partial charge in [-0.1, -0.05) is 23.2 Å². The van der Waals surface area contributed by atoms with Crippen molar-refractivity contribution in [1.29, 1.82) is 0 Å². The minimum atomic E-state index is -0.808. The minimum Gasteiger partial charge on any atom is -0.481 e. The Balaban J connectivity index is 2.02. The predicted molar refractivity (Wildman–Crippen MR) is 72.7 cm³/mol. The van der Waals surface area contributed by atoms with E-state index in [9.17, 15) is 9.59 Å². The van der Waals surface area contributed by atoms with Crippen LogP contribution in [0.2, 0.25) is 10.0 Å². The van der Waals surface area contributed by atoms with Gasteiger partial charge in [0.25, 0.3) is 5.91 Å². The third-order valence-electron chi connectivity index (χ3n) is 3.29. The Labute approximate surface area is 120 Å². The number of carbonyl (C=O) groups is 2. The molecule has 1 aliphatic rings. The zero-order valence-corrected chi connectivity index (χ0v) is 11.5. The summed E-state index contributed by atoms with van der Waals surface area (Å²) in [5.41, 5.74) is 0.313. The molecule has 2 rings (SSSR count). The number of amides is 1. The van der Waals surface area contributed by atoms with Gasteiger partial charge in [-0.2, -0.15) is 0 Å². The van der Waals surface area contributed by atoms with E-state index in [2.05, 4.69) is 5.32 Å². The Morgan fingerprint density at radius 1 is 1.26 bits per heavy atom. The number of carboxylic acids is 1. The van der Waals surface area contributed by atoms with Gasteiger partial charge < -0.3 is 10.4 Å². The van der Waals surface area contributed by atoms with Gasteiger partial charge in [0.1, 0.15) is 0 Å². The highest BCUT2D eigenvalue weighted by Crippen LogP contribution is 2.27. The molecule has 0 heterocycles. The maximum Gasteiger partial charge on any atom is 0.306 e. The molecule has 0 aliphatic heterocycles. The summed E-state index contributed by atoms with van der Waals surface area (Å²) in [5, 5.41) is 12.5. The van der Waals surface area contributed by atoms with Gasteiger partial charge in [-0.3, -0.25) is 9.59 Å². The first kappa shape index (κ1) is 14.2. The van der Waals surface area contributed by atoms with Crippen LogP contribution in [0.5, 0.6) is 0 Å². The van der Waals surface area contributed by atoms with Crippen molar-refractivity contribution < 1.29 is 14.7 Å². The standard InChI is InChI=1S/C13H13Cl2NO3/c14-8-2-4-11(15)10(6-8)12(17)16-9-3-1-7(5-9)13(18)19/h2,4,6-7,9H,1,3,5H2,(H,16,17)(H,18,19)/t7-,9+/m1/s1. The van der Waals surface area contributed by atoms with Crippen molar-refractivity contribution in [2.24, 2.45) is 5.92 Å². The van der Waals surface area contributed by atoms with Gasteiger partial charge in [0.05, 0.1) is 16.5 Å². The number of carbonyl (C=O) groups excluding carboxylic acids is 1. The zero-order chi connectivity index (χ0) is 14.0. The number of nitrogens with one attached hydrogen (secondary N) is 1. The number of aliphatic carboxylic acids is 1. The lowest BCUT2D eigenvalue weighted by molar-refractivity contribution is -0.141. The van der Waals surface area contributed by atoms with Gasteiger partial charge in [-0.15, -0.1) is 0 Å². The molecule has 0 spiro atoms. The van der Waals surface area contributed by atoms with Gasteiger partial charge in [-0.05, 0) is 37.5 Å². The Hall–Kier alpha value is -1.26. The molecule has 19 heavy (non-hydrogen) atoms. The Kier molecular flexibility index (Phi) is 4.32. The Morgan fingerprint density at radius 3 is 2.63 bits per heavy atom. The van der Waals surface area contributed by atoms with Crippen LogP contribution < -0.4 is 5.32 Å². The number of rotatable bonds is 3. The van der Waals surface area contributed by atoms with Crippen molar-refractivity contribution >= 4 is 35.1 Å². The van der Waals surface area contributed by atoms with Crippen LogP contribution in [0.25, 0.3) is 0 Å². The smallest absolute Gasteiger partial charge is 0.306 e. The summed E-state index contributed by atoms with van der Waals surface area (Å²) in [5.74, 6) is -1.50. The summed E-state index contributed by atoms with van der Waals surface area (Å²) in [6, 6.07) is 4.55. The quantitative estimate of drug-likeness (QED) is 0.902. The second-order valence-electron chi connectivity index (χ2n) is 4.64. The van der Waals surface area contributed by atoms with Crippen LogP contribution in [0.15, 0.2) is 18.2 Å². The minimum absolute atomic E-state index is 0.122. The molecule has 1 aliphatic carbocycles. The van der Waals surface area contributed by atoms with E-state index >= 15 is 0 Å². The summed E-state index contributed by atoms with van der Waals surface area (Å²) in [7, 11) is 0. The molecule has 1 saturated carbocycles. The van der Waals surface area contributed by atoms with Crippen molar-refractivity contribution in [3.63, 3.8) is 0 Å². The maximum atomic E-state index is 12.0. The predicted octanol–water partition coefficient (Wildman–Crippen LogP) is 2.98. The number of hydrogen-bond acceptors (Lipinski definition) is 2. The van der Waals surface area contributed by atoms with Crippen molar-refractivity contribution in [1.82, 2.24) is 5.32 Å². The van der Waals surface area contributed by atoms with Crippen LogP contribution in [0.1, 0.15) is 29.6 Å². The first-order valence-electron chi connectivity index (χ1n) is 5.96. The zero-order valence-electron chi connectivity index (χ0n) is 10.0. The second kappa shape index (κ2) is 5.80. The molecule has 2 N–H and O–H groups in total. The lowest BCUT2D eigenvalue weighted by atomic mass is 10.1. The molecular formula is C13H13Cl2NO3. The summed E-state index contributed by atoms with van der Waals surface area (Å²) in [4.78, 5) is 22.9. The van der Waals surface area contributed by atoms with Gasteiger partial charge in [0.15, 0.2) is 0 Å². The van der Waals surface area contributed by atoms with E-state index in [1.807, 2.05) is 0 Å². The molecular weight excluding hydrogens is 289 g/mol. The molecule has 1 aromatic rings. The topological polar surface area (TPSA) is 66.4 Å². The van der Waals surface area contributed by atoms with Crippen molar-refractivity contribution in [3.05, 3.63) is 33.8 Å². The number of hydrogen-bond donors (Lipinski definition) is 2. The highest BCUT2D eigenvalue weighted by molar-refractivity contribution is 6.35. The largest absolute Gasteiger partial charge is 0.481 e. The third kappa shape index (κ3) is 3.39. The third-order valence-corrected chi connectivity index (χ3v) is 3.85. The van der Waals surface area contributed by atoms with Crippen LogP contribution >= 0.6 is 23.2 Å². The van der Waals surface area contributed by atoms with Crippen LogP contribution in [-0.2, 0) is 4.79 Å². The van der Waals surface area contributed by atoms with E-state index in [0.717, 1.165) is 0 Å². The second-order valence-corrected chi connectivity index (χ2v) is 5.49. The normalized spacial score (nSPS) is 22.2. The highest BCUT2D eigenvalue weighted by Gasteiger charge is 2.30. The van der Waals surface area contributed by atoms with Gasteiger partial charge in [0.2, 0.25) is 0 Å². The fourth-order valence-corrected chi connectivity index (χ4v) is 2.65. The monoisotopic (exact) mass is 301 g/mol. The van der Waals surface area contributed by atoms with Gasteiger partial charge in [0, 0.05) is 11.1 Å². The van der Waals surface area contributed by atoms with Gasteiger partial charge in [-0.25, -0.2) is 0 Å². The van der Waals surface area contributed by atoms with E-state index in [-0.39, 0.29) is 17.9 Å². The average molecular weight is 302 g/mol. The molecule has 0 saturated heterocycles.